The van der Waals surface area contributed by atoms with Crippen LogP contribution in [0.5, 0.6) is 5.75 Å². The van der Waals surface area contributed by atoms with E-state index in [-0.39, 0.29) is 6.10 Å². The van der Waals surface area contributed by atoms with Gasteiger partial charge in [0.05, 0.1) is 0 Å². The smallest absolute Gasteiger partial charge is 0.268 e. The van der Waals surface area contributed by atoms with Crippen molar-refractivity contribution in [3.8, 4) is 5.75 Å². The number of allylic oxidation sites excluding steroid dienone is 5. The summed E-state index contributed by atoms with van der Waals surface area (Å²) in [5.41, 5.74) is 4.22. The Hall–Kier alpha value is -3.28. The molecule has 0 aliphatic heterocycles. The molecule has 174 valence electrons. The molecule has 6 heteroatoms. The number of aliphatic imine (C=N–C) groups is 2. The van der Waals surface area contributed by atoms with E-state index in [2.05, 4.69) is 59.6 Å². The van der Waals surface area contributed by atoms with Gasteiger partial charge in [0.2, 0.25) is 5.82 Å². The van der Waals surface area contributed by atoms with Crippen molar-refractivity contribution in [2.45, 2.75) is 53.6 Å². The number of ether oxygens (including phenoxy) is 1. The predicted octanol–water partition coefficient (Wildman–Crippen LogP) is 6.63. The summed E-state index contributed by atoms with van der Waals surface area (Å²) in [5.74, 6) is 3.25. The Morgan fingerprint density at radius 3 is 2.61 bits per heavy atom. The Morgan fingerprint density at radius 1 is 1.30 bits per heavy atom. The number of benzene rings is 1. The Balaban J connectivity index is 1.73. The van der Waals surface area contributed by atoms with Crippen LogP contribution in [0.25, 0.3) is 5.57 Å². The predicted molar refractivity (Wildman–Crippen MR) is 135 cm³/mol. The molecule has 0 bridgehead atoms. The topological polar surface area (TPSA) is 72.9 Å². The zero-order valence-electron chi connectivity index (χ0n) is 20.5. The molecular weight excluding hydrogens is 412 g/mol. The fourth-order valence-electron chi connectivity index (χ4n) is 3.47. The molecule has 0 fully saturated rings. The maximum Gasteiger partial charge on any atom is 0.268 e. The second kappa shape index (κ2) is 11.0. The van der Waals surface area contributed by atoms with Gasteiger partial charge in [-0.3, -0.25) is 4.99 Å². The van der Waals surface area contributed by atoms with Gasteiger partial charge < -0.3 is 9.26 Å². The fourth-order valence-corrected chi connectivity index (χ4v) is 3.47. The second-order valence-electron chi connectivity index (χ2n) is 8.58. The molecular formula is C27H34N4O2. The van der Waals surface area contributed by atoms with Gasteiger partial charge in [-0.15, -0.1) is 6.58 Å². The van der Waals surface area contributed by atoms with Crippen LogP contribution in [0.4, 0.5) is 0 Å². The lowest BCUT2D eigenvalue weighted by Gasteiger charge is -2.16. The van der Waals surface area contributed by atoms with E-state index in [9.17, 15) is 0 Å². The standard InChI is InChI=1S/C27H34N4O2/c1-8-20-10-11-22(16-18(20)5)26-30-27(33-31-26)24(9-2)32-23-14-12-21(13-15-23)25(28-7)29-19(6)17(3)4/h8,11-17,20,24H,1,9-10H2,2-7H3. The minimum absolute atomic E-state index is 0.326. The van der Waals surface area contributed by atoms with E-state index in [4.69, 9.17) is 9.26 Å². The first-order valence-electron chi connectivity index (χ1n) is 11.5. The van der Waals surface area contributed by atoms with Gasteiger partial charge in [0.25, 0.3) is 5.89 Å². The van der Waals surface area contributed by atoms with Crippen molar-refractivity contribution >= 4 is 17.1 Å². The number of hydrogen-bond donors (Lipinski definition) is 0. The highest BCUT2D eigenvalue weighted by atomic mass is 16.5. The van der Waals surface area contributed by atoms with E-state index in [0.29, 0.717) is 35.8 Å². The first kappa shape index (κ1) is 24.4. The molecule has 0 radical (unpaired) electrons. The summed E-state index contributed by atoms with van der Waals surface area (Å²) in [7, 11) is 1.76. The van der Waals surface area contributed by atoms with Crippen LogP contribution in [0.3, 0.4) is 0 Å². The molecule has 6 nitrogen and oxygen atoms in total. The van der Waals surface area contributed by atoms with Gasteiger partial charge in [-0.2, -0.15) is 4.98 Å². The van der Waals surface area contributed by atoms with Crippen LogP contribution >= 0.6 is 0 Å². The fraction of sp³-hybridized carbons (Fsp3) is 0.407. The van der Waals surface area contributed by atoms with E-state index >= 15 is 0 Å². The molecule has 2 atom stereocenters. The molecule has 1 heterocycles. The average molecular weight is 447 g/mol. The molecule has 3 rings (SSSR count). The Kier molecular flexibility index (Phi) is 8.15. The van der Waals surface area contributed by atoms with Crippen LogP contribution in [0.2, 0.25) is 0 Å². The maximum absolute atomic E-state index is 6.17. The molecule has 1 aliphatic carbocycles. The molecule has 2 aromatic rings. The van der Waals surface area contributed by atoms with Crippen molar-refractivity contribution < 1.29 is 9.26 Å². The average Bonchev–Trinajstić information content (AvgIpc) is 3.31. The molecule has 1 aromatic heterocycles. The largest absolute Gasteiger partial charge is 0.481 e. The Bertz CT molecular complexity index is 1090. The van der Waals surface area contributed by atoms with E-state index in [0.717, 1.165) is 29.0 Å². The number of hydrogen-bond acceptors (Lipinski definition) is 5. The number of aromatic nitrogens is 2. The SMILES string of the molecule is C=CC1CC=C(c2noc(C(CC)Oc3ccc(C(=NC)N=C(C)C(C)C)cc3)n2)C=C1C. The molecule has 0 amide bonds. The number of rotatable bonds is 8. The van der Waals surface area contributed by atoms with Crippen molar-refractivity contribution in [2.75, 3.05) is 7.05 Å². The summed E-state index contributed by atoms with van der Waals surface area (Å²) >= 11 is 0. The van der Waals surface area contributed by atoms with Gasteiger partial charge >= 0.3 is 0 Å². The van der Waals surface area contributed by atoms with E-state index < -0.39 is 0 Å². The van der Waals surface area contributed by atoms with Gasteiger partial charge in [-0.1, -0.05) is 49.7 Å². The summed E-state index contributed by atoms with van der Waals surface area (Å²) in [6, 6.07) is 7.78. The van der Waals surface area contributed by atoms with Crippen LogP contribution in [0.1, 0.15) is 70.8 Å². The minimum atomic E-state index is -0.326. The van der Waals surface area contributed by atoms with Crippen LogP contribution in [-0.4, -0.2) is 28.7 Å². The molecule has 2 unspecified atom stereocenters. The summed E-state index contributed by atoms with van der Waals surface area (Å²) in [5, 5.41) is 4.19. The highest BCUT2D eigenvalue weighted by Gasteiger charge is 2.22. The van der Waals surface area contributed by atoms with Crippen molar-refractivity contribution in [3.05, 3.63) is 71.9 Å². The Labute approximate surface area is 196 Å². The third-order valence-corrected chi connectivity index (χ3v) is 5.91. The molecule has 0 saturated carbocycles. The van der Waals surface area contributed by atoms with Crippen LogP contribution in [-0.2, 0) is 0 Å². The third-order valence-electron chi connectivity index (χ3n) is 5.91. The lowest BCUT2D eigenvalue weighted by atomic mass is 9.89. The van der Waals surface area contributed by atoms with Crippen molar-refractivity contribution in [1.82, 2.24) is 10.1 Å². The summed E-state index contributed by atoms with van der Waals surface area (Å²) < 4.78 is 11.7. The van der Waals surface area contributed by atoms with Crippen LogP contribution < -0.4 is 4.74 Å². The lowest BCUT2D eigenvalue weighted by Crippen LogP contribution is -2.09. The van der Waals surface area contributed by atoms with Gasteiger partial charge in [0.15, 0.2) is 11.9 Å². The molecule has 0 N–H and O–H groups in total. The van der Waals surface area contributed by atoms with Crippen molar-refractivity contribution in [1.29, 1.82) is 0 Å². The van der Waals surface area contributed by atoms with E-state index in [1.807, 2.05) is 44.2 Å². The van der Waals surface area contributed by atoms with E-state index in [1.54, 1.807) is 7.05 Å². The minimum Gasteiger partial charge on any atom is -0.481 e. The highest BCUT2D eigenvalue weighted by molar-refractivity contribution is 6.06. The van der Waals surface area contributed by atoms with Crippen molar-refractivity contribution in [3.63, 3.8) is 0 Å². The van der Waals surface area contributed by atoms with Crippen LogP contribution in [0.15, 0.2) is 69.2 Å². The lowest BCUT2D eigenvalue weighted by molar-refractivity contribution is 0.154. The molecule has 0 spiro atoms. The van der Waals surface area contributed by atoms with Gasteiger partial charge in [0.1, 0.15) is 5.75 Å². The Morgan fingerprint density at radius 2 is 2.03 bits per heavy atom. The van der Waals surface area contributed by atoms with Crippen LogP contribution in [0, 0.1) is 11.8 Å². The van der Waals surface area contributed by atoms with Gasteiger partial charge in [-0.25, -0.2) is 4.99 Å². The maximum atomic E-state index is 6.17. The van der Waals surface area contributed by atoms with Gasteiger partial charge in [-0.05, 0) is 56.9 Å². The van der Waals surface area contributed by atoms with Crippen molar-refractivity contribution in [2.24, 2.45) is 21.8 Å². The second-order valence-corrected chi connectivity index (χ2v) is 8.58. The molecule has 33 heavy (non-hydrogen) atoms. The first-order chi connectivity index (χ1) is 15.9. The molecule has 1 aliphatic rings. The molecule has 1 aromatic carbocycles. The normalized spacial score (nSPS) is 18.1. The summed E-state index contributed by atoms with van der Waals surface area (Å²) in [6.45, 7) is 14.3. The van der Waals surface area contributed by atoms with Gasteiger partial charge in [0, 0.05) is 29.8 Å². The number of nitrogens with zero attached hydrogens (tertiary/aromatic N) is 4. The zero-order chi connectivity index (χ0) is 24.0. The third kappa shape index (κ3) is 5.95. The number of amidine groups is 1. The van der Waals surface area contributed by atoms with E-state index in [1.165, 1.54) is 5.57 Å². The summed E-state index contributed by atoms with van der Waals surface area (Å²) in [6.07, 6.45) is 7.48. The summed E-state index contributed by atoms with van der Waals surface area (Å²) in [4.78, 5) is 13.6. The molecule has 0 saturated heterocycles. The zero-order valence-corrected chi connectivity index (χ0v) is 20.5. The quantitative estimate of drug-likeness (QED) is 0.259. The first-order valence-corrected chi connectivity index (χ1v) is 11.5. The monoisotopic (exact) mass is 446 g/mol. The highest BCUT2D eigenvalue weighted by Crippen LogP contribution is 2.30.